The Balaban J connectivity index is 1.56. The molecule has 0 saturated heterocycles. The van der Waals surface area contributed by atoms with Crippen molar-refractivity contribution in [2.75, 3.05) is 5.75 Å². The van der Waals surface area contributed by atoms with E-state index in [9.17, 15) is 9.59 Å². The molecule has 1 N–H and O–H groups in total. The highest BCUT2D eigenvalue weighted by molar-refractivity contribution is 7.99. The fraction of sp³-hybridized carbons (Fsp3) is 0.375. The minimum absolute atomic E-state index is 0.00114. The summed E-state index contributed by atoms with van der Waals surface area (Å²) in [5.74, 6) is 1.07. The second-order valence-electron chi connectivity index (χ2n) is 10.0. The fourth-order valence-electron chi connectivity index (χ4n) is 4.90. The van der Waals surface area contributed by atoms with Gasteiger partial charge in [-0.05, 0) is 36.5 Å². The van der Waals surface area contributed by atoms with Gasteiger partial charge in [-0.15, -0.1) is 11.8 Å². The molecule has 1 fully saturated rings. The lowest BCUT2D eigenvalue weighted by atomic mass is 9.94. The number of nitrogens with zero attached hydrogens (tertiary/aromatic N) is 1. The van der Waals surface area contributed by atoms with Gasteiger partial charge in [-0.3, -0.25) is 9.59 Å². The first kappa shape index (κ1) is 27.0. The van der Waals surface area contributed by atoms with E-state index in [1.165, 1.54) is 17.5 Å². The second-order valence-corrected chi connectivity index (χ2v) is 11.0. The van der Waals surface area contributed by atoms with E-state index in [1.807, 2.05) is 53.4 Å². The van der Waals surface area contributed by atoms with E-state index >= 15 is 0 Å². The van der Waals surface area contributed by atoms with Crippen LogP contribution in [-0.4, -0.2) is 34.6 Å². The van der Waals surface area contributed by atoms with Crippen molar-refractivity contribution in [1.82, 2.24) is 10.2 Å². The van der Waals surface area contributed by atoms with Gasteiger partial charge in [-0.1, -0.05) is 110 Å². The summed E-state index contributed by atoms with van der Waals surface area (Å²) < 4.78 is 0. The molecule has 1 unspecified atom stereocenters. The molecule has 1 aliphatic carbocycles. The topological polar surface area (TPSA) is 49.4 Å². The Labute approximate surface area is 225 Å². The minimum Gasteiger partial charge on any atom is -0.352 e. The number of hydrogen-bond acceptors (Lipinski definition) is 3. The molecule has 2 amide bonds. The summed E-state index contributed by atoms with van der Waals surface area (Å²) >= 11 is 1.60. The number of rotatable bonds is 11. The van der Waals surface area contributed by atoms with Crippen molar-refractivity contribution in [3.8, 4) is 0 Å². The number of thioether (sulfide) groups is 1. The number of benzene rings is 3. The Kier molecular flexibility index (Phi) is 10.2. The van der Waals surface area contributed by atoms with E-state index in [0.29, 0.717) is 18.7 Å². The largest absolute Gasteiger partial charge is 0.352 e. The Morgan fingerprint density at radius 1 is 0.838 bits per heavy atom. The molecule has 0 aliphatic heterocycles. The van der Waals surface area contributed by atoms with Gasteiger partial charge >= 0.3 is 0 Å². The van der Waals surface area contributed by atoms with Crippen LogP contribution in [0.25, 0.3) is 0 Å². The second kappa shape index (κ2) is 14.0. The molecule has 1 aliphatic rings. The molecule has 0 heterocycles. The first-order valence-electron chi connectivity index (χ1n) is 13.4. The van der Waals surface area contributed by atoms with E-state index < -0.39 is 6.04 Å². The zero-order valence-electron chi connectivity index (χ0n) is 21.8. The van der Waals surface area contributed by atoms with Crippen LogP contribution in [-0.2, 0) is 28.3 Å². The Hall–Kier alpha value is -3.05. The Morgan fingerprint density at radius 2 is 1.46 bits per heavy atom. The lowest BCUT2D eigenvalue weighted by Crippen LogP contribution is -2.53. The van der Waals surface area contributed by atoms with Gasteiger partial charge in [0.2, 0.25) is 11.8 Å². The fourth-order valence-corrected chi connectivity index (χ4v) is 5.77. The van der Waals surface area contributed by atoms with E-state index in [4.69, 9.17) is 0 Å². The van der Waals surface area contributed by atoms with Crippen LogP contribution in [0.1, 0.15) is 54.4 Å². The van der Waals surface area contributed by atoms with Crippen LogP contribution >= 0.6 is 11.8 Å². The summed E-state index contributed by atoms with van der Waals surface area (Å²) in [6.07, 6.45) is 6.06. The van der Waals surface area contributed by atoms with Gasteiger partial charge in [0.05, 0.1) is 5.75 Å². The highest BCUT2D eigenvalue weighted by atomic mass is 32.2. The third kappa shape index (κ3) is 8.50. The van der Waals surface area contributed by atoms with Crippen LogP contribution in [0.2, 0.25) is 0 Å². The summed E-state index contributed by atoms with van der Waals surface area (Å²) in [5, 5.41) is 3.31. The van der Waals surface area contributed by atoms with Crippen LogP contribution in [0.4, 0.5) is 0 Å². The Morgan fingerprint density at radius 3 is 2.11 bits per heavy atom. The molecular weight excluding hydrogens is 476 g/mol. The minimum atomic E-state index is -0.560. The summed E-state index contributed by atoms with van der Waals surface area (Å²) in [7, 11) is 0. The standard InChI is InChI=1S/C32H38N2O2S/c1-25-17-19-27(20-18-25)22-34(31(35)24-37-23-28-13-7-3-8-14-28)30(21-26-11-5-2-6-12-26)32(36)33-29-15-9-4-10-16-29/h2-3,5-8,11-14,17-20,29-30H,4,9-10,15-16,21-24H2,1H3,(H,33,36). The van der Waals surface area contributed by atoms with Crippen LogP contribution in [0.3, 0.4) is 0 Å². The van der Waals surface area contributed by atoms with Gasteiger partial charge in [-0.2, -0.15) is 0 Å². The average Bonchev–Trinajstić information content (AvgIpc) is 2.93. The smallest absolute Gasteiger partial charge is 0.243 e. The van der Waals surface area contributed by atoms with Crippen molar-refractivity contribution in [3.63, 3.8) is 0 Å². The highest BCUT2D eigenvalue weighted by Gasteiger charge is 2.31. The van der Waals surface area contributed by atoms with E-state index in [-0.39, 0.29) is 17.9 Å². The maximum atomic E-state index is 13.8. The Bertz CT molecular complexity index is 1110. The van der Waals surface area contributed by atoms with Gasteiger partial charge in [-0.25, -0.2) is 0 Å². The number of nitrogens with one attached hydrogen (secondary N) is 1. The molecule has 1 saturated carbocycles. The third-order valence-corrected chi connectivity index (χ3v) is 8.02. The van der Waals surface area contributed by atoms with Crippen molar-refractivity contribution in [2.45, 2.75) is 69.8 Å². The first-order valence-corrected chi connectivity index (χ1v) is 14.5. The number of carbonyl (C=O) groups excluding carboxylic acids is 2. The zero-order valence-corrected chi connectivity index (χ0v) is 22.6. The summed E-state index contributed by atoms with van der Waals surface area (Å²) in [4.78, 5) is 29.4. The van der Waals surface area contributed by atoms with Gasteiger partial charge < -0.3 is 10.2 Å². The van der Waals surface area contributed by atoms with Crippen molar-refractivity contribution >= 4 is 23.6 Å². The van der Waals surface area contributed by atoms with Crippen LogP contribution in [0, 0.1) is 6.92 Å². The maximum absolute atomic E-state index is 13.8. The monoisotopic (exact) mass is 514 g/mol. The van der Waals surface area contributed by atoms with Crippen molar-refractivity contribution in [2.24, 2.45) is 0 Å². The predicted octanol–water partition coefficient (Wildman–Crippen LogP) is 6.32. The molecular formula is C32H38N2O2S. The van der Waals surface area contributed by atoms with Crippen LogP contribution < -0.4 is 5.32 Å². The molecule has 37 heavy (non-hydrogen) atoms. The van der Waals surface area contributed by atoms with Crippen LogP contribution in [0.5, 0.6) is 0 Å². The summed E-state index contributed by atoms with van der Waals surface area (Å²) in [6.45, 7) is 2.48. The van der Waals surface area contributed by atoms with E-state index in [2.05, 4.69) is 48.6 Å². The molecule has 4 nitrogen and oxygen atoms in total. The third-order valence-electron chi connectivity index (χ3n) is 7.03. The molecule has 3 aromatic carbocycles. The molecule has 194 valence electrons. The lowest BCUT2D eigenvalue weighted by Gasteiger charge is -2.33. The van der Waals surface area contributed by atoms with Gasteiger partial charge in [0.25, 0.3) is 0 Å². The van der Waals surface area contributed by atoms with Gasteiger partial charge in [0.15, 0.2) is 0 Å². The van der Waals surface area contributed by atoms with Crippen molar-refractivity contribution in [1.29, 1.82) is 0 Å². The number of amides is 2. The molecule has 0 aromatic heterocycles. The zero-order chi connectivity index (χ0) is 25.9. The highest BCUT2D eigenvalue weighted by Crippen LogP contribution is 2.21. The normalized spacial score (nSPS) is 14.6. The SMILES string of the molecule is Cc1ccc(CN(C(=O)CSCc2ccccc2)C(Cc2ccccc2)C(=O)NC2CCCCC2)cc1. The molecule has 1 atom stereocenters. The van der Waals surface area contributed by atoms with Gasteiger partial charge in [0.1, 0.15) is 6.04 Å². The van der Waals surface area contributed by atoms with E-state index in [0.717, 1.165) is 42.6 Å². The van der Waals surface area contributed by atoms with E-state index in [1.54, 1.807) is 11.8 Å². The lowest BCUT2D eigenvalue weighted by molar-refractivity contribution is -0.139. The van der Waals surface area contributed by atoms with Crippen LogP contribution in [0.15, 0.2) is 84.9 Å². The molecule has 4 rings (SSSR count). The molecule has 0 radical (unpaired) electrons. The predicted molar refractivity (Wildman–Crippen MR) is 153 cm³/mol. The number of carbonyl (C=O) groups is 2. The maximum Gasteiger partial charge on any atom is 0.243 e. The average molecular weight is 515 g/mol. The number of aryl methyl sites for hydroxylation is 1. The van der Waals surface area contributed by atoms with Gasteiger partial charge in [0, 0.05) is 24.8 Å². The first-order chi connectivity index (χ1) is 18.1. The van der Waals surface area contributed by atoms with Crippen molar-refractivity contribution in [3.05, 3.63) is 107 Å². The molecule has 0 spiro atoms. The quantitative estimate of drug-likeness (QED) is 0.326. The molecule has 0 bridgehead atoms. The summed E-state index contributed by atoms with van der Waals surface area (Å²) in [6, 6.07) is 28.1. The number of hydrogen-bond donors (Lipinski definition) is 1. The molecule has 5 heteroatoms. The molecule has 3 aromatic rings. The van der Waals surface area contributed by atoms with Crippen molar-refractivity contribution < 1.29 is 9.59 Å². The summed E-state index contributed by atoms with van der Waals surface area (Å²) in [5.41, 5.74) is 4.47.